The van der Waals surface area contributed by atoms with Gasteiger partial charge in [-0.25, -0.2) is 0 Å². The highest BCUT2D eigenvalue weighted by Crippen LogP contribution is 2.23. The van der Waals surface area contributed by atoms with Crippen LogP contribution in [0.15, 0.2) is 23.1 Å². The number of halogens is 1. The average molecular weight is 219 g/mol. The summed E-state index contributed by atoms with van der Waals surface area (Å²) in [5.74, 6) is 0. The lowest BCUT2D eigenvalue weighted by atomic mass is 10.3. The van der Waals surface area contributed by atoms with Gasteiger partial charge in [0.15, 0.2) is 5.11 Å². The van der Waals surface area contributed by atoms with Crippen molar-refractivity contribution in [3.63, 3.8) is 0 Å². The third-order valence-electron chi connectivity index (χ3n) is 1.22. The summed E-state index contributed by atoms with van der Waals surface area (Å²) in [5, 5.41) is 3.58. The summed E-state index contributed by atoms with van der Waals surface area (Å²) >= 11 is 14.6. The van der Waals surface area contributed by atoms with E-state index in [2.05, 4.69) is 30.2 Å². The zero-order chi connectivity index (χ0) is 9.14. The zero-order valence-corrected chi connectivity index (χ0v) is 8.51. The first kappa shape index (κ1) is 9.64. The summed E-state index contributed by atoms with van der Waals surface area (Å²) < 4.78 is 0. The molecule has 0 aliphatic carbocycles. The molecule has 2 nitrogen and oxygen atoms in total. The third-order valence-corrected chi connectivity index (χ3v) is 1.94. The molecule has 64 valence electrons. The Morgan fingerprint density at radius 2 is 2.25 bits per heavy atom. The van der Waals surface area contributed by atoms with E-state index in [1.807, 2.05) is 0 Å². The molecular formula is C7H7ClN2S2. The van der Waals surface area contributed by atoms with E-state index in [1.165, 1.54) is 0 Å². The minimum absolute atomic E-state index is 0.201. The van der Waals surface area contributed by atoms with Crippen LogP contribution in [0.3, 0.4) is 0 Å². The molecule has 0 radical (unpaired) electrons. The quantitative estimate of drug-likeness (QED) is 0.500. The summed E-state index contributed by atoms with van der Waals surface area (Å²) in [6.07, 6.45) is 0. The van der Waals surface area contributed by atoms with E-state index >= 15 is 0 Å². The van der Waals surface area contributed by atoms with Crippen molar-refractivity contribution in [3.05, 3.63) is 23.2 Å². The molecule has 0 saturated carbocycles. The Hall–Kier alpha value is -0.450. The van der Waals surface area contributed by atoms with Crippen LogP contribution in [0.5, 0.6) is 0 Å². The molecule has 1 aromatic rings. The van der Waals surface area contributed by atoms with Crippen molar-refractivity contribution in [2.24, 2.45) is 5.73 Å². The van der Waals surface area contributed by atoms with Crippen LogP contribution in [0.4, 0.5) is 5.69 Å². The van der Waals surface area contributed by atoms with Crippen molar-refractivity contribution in [1.82, 2.24) is 0 Å². The van der Waals surface area contributed by atoms with Gasteiger partial charge in [-0.3, -0.25) is 0 Å². The van der Waals surface area contributed by atoms with Gasteiger partial charge in [-0.2, -0.15) is 0 Å². The van der Waals surface area contributed by atoms with Gasteiger partial charge in [0.1, 0.15) is 0 Å². The van der Waals surface area contributed by atoms with Gasteiger partial charge in [-0.05, 0) is 30.4 Å². The number of thiol groups is 1. The Balaban J connectivity index is 2.97. The molecule has 0 bridgehead atoms. The standard InChI is InChI=1S/C7H7ClN2S2/c8-4-1-2-6(11)5(3-4)10-7(9)12/h1-3,11H,(H3,9,10,12). The number of thiocarbonyl (C=S) groups is 1. The van der Waals surface area contributed by atoms with Crippen molar-refractivity contribution in [3.8, 4) is 0 Å². The monoisotopic (exact) mass is 218 g/mol. The Kier molecular flexibility index (Phi) is 3.20. The minimum Gasteiger partial charge on any atom is -0.376 e. The van der Waals surface area contributed by atoms with Gasteiger partial charge in [0, 0.05) is 9.92 Å². The van der Waals surface area contributed by atoms with E-state index in [0.717, 1.165) is 10.6 Å². The molecule has 0 aromatic heterocycles. The molecule has 1 aromatic carbocycles. The van der Waals surface area contributed by atoms with Crippen molar-refractivity contribution >= 4 is 47.2 Å². The van der Waals surface area contributed by atoms with Crippen LogP contribution in [-0.2, 0) is 0 Å². The van der Waals surface area contributed by atoms with Gasteiger partial charge in [0.25, 0.3) is 0 Å². The van der Waals surface area contributed by atoms with Crippen molar-refractivity contribution in [1.29, 1.82) is 0 Å². The van der Waals surface area contributed by atoms with E-state index in [-0.39, 0.29) is 5.11 Å². The molecule has 0 atom stereocenters. The largest absolute Gasteiger partial charge is 0.376 e. The van der Waals surface area contributed by atoms with E-state index in [4.69, 9.17) is 17.3 Å². The van der Waals surface area contributed by atoms with Gasteiger partial charge < -0.3 is 11.1 Å². The highest BCUT2D eigenvalue weighted by molar-refractivity contribution is 7.81. The van der Waals surface area contributed by atoms with Crippen LogP contribution in [0.1, 0.15) is 0 Å². The molecule has 1 rings (SSSR count). The van der Waals surface area contributed by atoms with Gasteiger partial charge in [-0.15, -0.1) is 12.6 Å². The molecule has 0 amide bonds. The van der Waals surface area contributed by atoms with E-state index < -0.39 is 0 Å². The minimum atomic E-state index is 0.201. The normalized spacial score (nSPS) is 9.50. The molecule has 3 N–H and O–H groups in total. The van der Waals surface area contributed by atoms with Crippen molar-refractivity contribution in [2.75, 3.05) is 5.32 Å². The molecular weight excluding hydrogens is 212 g/mol. The Bertz CT molecular complexity index is 314. The molecule has 0 unspecified atom stereocenters. The molecule has 12 heavy (non-hydrogen) atoms. The number of rotatable bonds is 1. The number of nitrogens with one attached hydrogen (secondary N) is 1. The third kappa shape index (κ3) is 2.55. The highest BCUT2D eigenvalue weighted by Gasteiger charge is 1.99. The predicted octanol–water partition coefficient (Wildman–Crippen LogP) is 2.28. The molecule has 5 heteroatoms. The maximum Gasteiger partial charge on any atom is 0.168 e. The number of benzene rings is 1. The Morgan fingerprint density at radius 1 is 1.58 bits per heavy atom. The lowest BCUT2D eigenvalue weighted by molar-refractivity contribution is 1.45. The van der Waals surface area contributed by atoms with E-state index in [0.29, 0.717) is 5.02 Å². The molecule has 0 aliphatic rings. The van der Waals surface area contributed by atoms with Crippen LogP contribution in [0, 0.1) is 0 Å². The SMILES string of the molecule is NC(=S)Nc1cc(Cl)ccc1S. The maximum absolute atomic E-state index is 5.74. The van der Waals surface area contributed by atoms with Gasteiger partial charge in [-0.1, -0.05) is 11.6 Å². The van der Waals surface area contributed by atoms with E-state index in [1.54, 1.807) is 18.2 Å². The molecule has 0 aliphatic heterocycles. The summed E-state index contributed by atoms with van der Waals surface area (Å²) in [5.41, 5.74) is 6.01. The molecule has 0 fully saturated rings. The fourth-order valence-corrected chi connectivity index (χ4v) is 1.22. The predicted molar refractivity (Wildman–Crippen MR) is 59.1 cm³/mol. The van der Waals surface area contributed by atoms with Crippen LogP contribution < -0.4 is 11.1 Å². The number of hydrogen-bond acceptors (Lipinski definition) is 2. The number of nitrogens with two attached hydrogens (primary N) is 1. The molecule has 0 spiro atoms. The second kappa shape index (κ2) is 3.98. The van der Waals surface area contributed by atoms with Gasteiger partial charge in [0.05, 0.1) is 5.69 Å². The first-order valence-electron chi connectivity index (χ1n) is 3.14. The topological polar surface area (TPSA) is 38.0 Å². The van der Waals surface area contributed by atoms with Crippen LogP contribution >= 0.6 is 36.4 Å². The highest BCUT2D eigenvalue weighted by atomic mass is 35.5. The van der Waals surface area contributed by atoms with Crippen molar-refractivity contribution in [2.45, 2.75) is 4.90 Å². The van der Waals surface area contributed by atoms with Crippen LogP contribution in [0.25, 0.3) is 0 Å². The summed E-state index contributed by atoms with van der Waals surface area (Å²) in [6.45, 7) is 0. The smallest absolute Gasteiger partial charge is 0.168 e. The first-order valence-corrected chi connectivity index (χ1v) is 4.38. The number of anilines is 1. The van der Waals surface area contributed by atoms with Crippen molar-refractivity contribution < 1.29 is 0 Å². The molecule has 0 heterocycles. The van der Waals surface area contributed by atoms with Gasteiger partial charge in [0.2, 0.25) is 0 Å². The van der Waals surface area contributed by atoms with Gasteiger partial charge >= 0.3 is 0 Å². The molecule has 0 saturated heterocycles. The zero-order valence-electron chi connectivity index (χ0n) is 6.04. The van der Waals surface area contributed by atoms with E-state index in [9.17, 15) is 0 Å². The lowest BCUT2D eigenvalue weighted by Gasteiger charge is -2.06. The summed E-state index contributed by atoms with van der Waals surface area (Å²) in [6, 6.07) is 5.23. The Morgan fingerprint density at radius 3 is 2.83 bits per heavy atom. The van der Waals surface area contributed by atoms with Crippen LogP contribution in [-0.4, -0.2) is 5.11 Å². The Labute approximate surface area is 86.5 Å². The second-order valence-electron chi connectivity index (χ2n) is 2.15. The average Bonchev–Trinajstić information content (AvgIpc) is 1.96. The lowest BCUT2D eigenvalue weighted by Crippen LogP contribution is -2.19. The maximum atomic E-state index is 5.74. The second-order valence-corrected chi connectivity index (χ2v) is 3.51. The number of hydrogen-bond donors (Lipinski definition) is 3. The summed E-state index contributed by atoms with van der Waals surface area (Å²) in [7, 11) is 0. The summed E-state index contributed by atoms with van der Waals surface area (Å²) in [4.78, 5) is 0.757. The first-order chi connectivity index (χ1) is 5.59. The fraction of sp³-hybridized carbons (Fsp3) is 0. The fourth-order valence-electron chi connectivity index (χ4n) is 0.741. The van der Waals surface area contributed by atoms with Crippen LogP contribution in [0.2, 0.25) is 5.02 Å².